The van der Waals surface area contributed by atoms with Crippen molar-refractivity contribution in [1.29, 1.82) is 0 Å². The summed E-state index contributed by atoms with van der Waals surface area (Å²) < 4.78 is 5.47. The quantitative estimate of drug-likeness (QED) is 0.509. The lowest BCUT2D eigenvalue weighted by Gasteiger charge is -2.34. The number of halogens is 1. The van der Waals surface area contributed by atoms with Crippen molar-refractivity contribution in [1.82, 2.24) is 15.0 Å². The van der Waals surface area contributed by atoms with Crippen LogP contribution in [0.1, 0.15) is 53.9 Å². The summed E-state index contributed by atoms with van der Waals surface area (Å²) in [5.74, 6) is 1.09. The average molecular weight is 424 g/mol. The molecule has 2 aromatic carbocycles. The summed E-state index contributed by atoms with van der Waals surface area (Å²) in [4.78, 5) is 19.8. The molecule has 4 rings (SSSR count). The number of aromatic nitrogens is 2. The van der Waals surface area contributed by atoms with Crippen molar-refractivity contribution in [2.75, 3.05) is 6.54 Å². The van der Waals surface area contributed by atoms with Crippen LogP contribution in [-0.2, 0) is 6.42 Å². The lowest BCUT2D eigenvalue weighted by atomic mass is 9.93. The number of hydrogen-bond acceptors (Lipinski definition) is 4. The lowest BCUT2D eigenvalue weighted by molar-refractivity contribution is 0.0632. The molecule has 1 aliphatic carbocycles. The topological polar surface area (TPSA) is 59.2 Å². The van der Waals surface area contributed by atoms with E-state index in [4.69, 9.17) is 16.1 Å². The minimum Gasteiger partial charge on any atom is -0.339 e. The average Bonchev–Trinajstić information content (AvgIpc) is 3.24. The second-order valence-electron chi connectivity index (χ2n) is 7.90. The largest absolute Gasteiger partial charge is 0.339 e. The SMILES string of the molecule is Cc1ccc(-c2noc(CCN(C(=O)c3ccccc3Cl)C3CCCCC3)n2)cc1. The highest BCUT2D eigenvalue weighted by atomic mass is 35.5. The highest BCUT2D eigenvalue weighted by Crippen LogP contribution is 2.26. The van der Waals surface area contributed by atoms with E-state index in [1.165, 1.54) is 12.0 Å². The molecule has 0 radical (unpaired) electrons. The normalized spacial score (nSPS) is 14.6. The van der Waals surface area contributed by atoms with Gasteiger partial charge in [0.25, 0.3) is 5.91 Å². The van der Waals surface area contributed by atoms with E-state index in [0.29, 0.717) is 35.3 Å². The van der Waals surface area contributed by atoms with E-state index in [1.54, 1.807) is 12.1 Å². The maximum atomic E-state index is 13.3. The van der Waals surface area contributed by atoms with Crippen LogP contribution in [0.3, 0.4) is 0 Å². The number of aryl methyl sites for hydroxylation is 1. The molecule has 0 unspecified atom stereocenters. The van der Waals surface area contributed by atoms with Crippen molar-refractivity contribution in [3.8, 4) is 11.4 Å². The number of carbonyl (C=O) groups is 1. The third-order valence-corrected chi connectivity index (χ3v) is 6.05. The molecule has 1 heterocycles. The van der Waals surface area contributed by atoms with Gasteiger partial charge >= 0.3 is 0 Å². The van der Waals surface area contributed by atoms with Gasteiger partial charge in [0.05, 0.1) is 10.6 Å². The van der Waals surface area contributed by atoms with Gasteiger partial charge in [0.2, 0.25) is 11.7 Å². The molecule has 1 fully saturated rings. The molecule has 0 atom stereocenters. The second kappa shape index (κ2) is 9.43. The zero-order valence-electron chi connectivity index (χ0n) is 17.2. The molecule has 1 aliphatic rings. The van der Waals surface area contributed by atoms with Crippen molar-refractivity contribution < 1.29 is 9.32 Å². The van der Waals surface area contributed by atoms with Gasteiger partial charge in [-0.05, 0) is 31.9 Å². The number of benzene rings is 2. The number of carbonyl (C=O) groups excluding carboxylic acids is 1. The van der Waals surface area contributed by atoms with Crippen molar-refractivity contribution in [3.63, 3.8) is 0 Å². The summed E-state index contributed by atoms with van der Waals surface area (Å²) in [6.45, 7) is 2.57. The van der Waals surface area contributed by atoms with Crippen molar-refractivity contribution in [2.45, 2.75) is 51.5 Å². The highest BCUT2D eigenvalue weighted by molar-refractivity contribution is 6.33. The van der Waals surface area contributed by atoms with E-state index >= 15 is 0 Å². The maximum absolute atomic E-state index is 13.3. The Morgan fingerprint density at radius 2 is 1.83 bits per heavy atom. The molecule has 5 nitrogen and oxygen atoms in total. The van der Waals surface area contributed by atoms with Crippen molar-refractivity contribution in [2.24, 2.45) is 0 Å². The molecule has 156 valence electrons. The van der Waals surface area contributed by atoms with Crippen LogP contribution in [-0.4, -0.2) is 33.5 Å². The molecular weight excluding hydrogens is 398 g/mol. The molecule has 1 saturated carbocycles. The van der Waals surface area contributed by atoms with E-state index in [1.807, 2.05) is 48.2 Å². The van der Waals surface area contributed by atoms with Crippen LogP contribution in [0.15, 0.2) is 53.1 Å². The Bertz CT molecular complexity index is 994. The van der Waals surface area contributed by atoms with Crippen LogP contribution < -0.4 is 0 Å². The Balaban J connectivity index is 1.50. The van der Waals surface area contributed by atoms with E-state index < -0.39 is 0 Å². The first-order valence-corrected chi connectivity index (χ1v) is 10.9. The summed E-state index contributed by atoms with van der Waals surface area (Å²) >= 11 is 6.31. The molecule has 0 N–H and O–H groups in total. The lowest BCUT2D eigenvalue weighted by Crippen LogP contribution is -2.42. The van der Waals surface area contributed by atoms with Crippen LogP contribution in [0.2, 0.25) is 5.02 Å². The van der Waals surface area contributed by atoms with Gasteiger partial charge in [-0.15, -0.1) is 0 Å². The smallest absolute Gasteiger partial charge is 0.255 e. The summed E-state index contributed by atoms with van der Waals surface area (Å²) in [6.07, 6.45) is 6.09. The van der Waals surface area contributed by atoms with Gasteiger partial charge < -0.3 is 9.42 Å². The summed E-state index contributed by atoms with van der Waals surface area (Å²) in [5, 5.41) is 4.60. The summed E-state index contributed by atoms with van der Waals surface area (Å²) in [5.41, 5.74) is 2.66. The van der Waals surface area contributed by atoms with Crippen LogP contribution in [0.5, 0.6) is 0 Å². The molecule has 0 spiro atoms. The molecular formula is C24H26ClN3O2. The van der Waals surface area contributed by atoms with E-state index in [2.05, 4.69) is 10.1 Å². The molecule has 3 aromatic rings. The fourth-order valence-electron chi connectivity index (χ4n) is 4.02. The zero-order valence-corrected chi connectivity index (χ0v) is 17.9. The minimum absolute atomic E-state index is 0.0224. The Kier molecular flexibility index (Phi) is 6.48. The van der Waals surface area contributed by atoms with Crippen molar-refractivity contribution in [3.05, 3.63) is 70.6 Å². The molecule has 0 bridgehead atoms. The Labute approximate surface area is 182 Å². The highest BCUT2D eigenvalue weighted by Gasteiger charge is 2.27. The van der Waals surface area contributed by atoms with Crippen LogP contribution in [0.4, 0.5) is 0 Å². The summed E-state index contributed by atoms with van der Waals surface area (Å²) in [7, 11) is 0. The van der Waals surface area contributed by atoms with Crippen LogP contribution >= 0.6 is 11.6 Å². The van der Waals surface area contributed by atoms with Gasteiger partial charge in [0.1, 0.15) is 0 Å². The van der Waals surface area contributed by atoms with Gasteiger partial charge in [-0.25, -0.2) is 0 Å². The van der Waals surface area contributed by atoms with Gasteiger partial charge in [-0.2, -0.15) is 4.98 Å². The molecule has 30 heavy (non-hydrogen) atoms. The molecule has 6 heteroatoms. The first-order valence-electron chi connectivity index (χ1n) is 10.6. The first-order chi connectivity index (χ1) is 14.6. The van der Waals surface area contributed by atoms with E-state index in [0.717, 1.165) is 31.2 Å². The number of nitrogens with zero attached hydrogens (tertiary/aromatic N) is 3. The molecule has 0 aliphatic heterocycles. The fraction of sp³-hybridized carbons (Fsp3) is 0.375. The van der Waals surface area contributed by atoms with Gasteiger partial charge in [0.15, 0.2) is 0 Å². The number of rotatable bonds is 6. The van der Waals surface area contributed by atoms with Gasteiger partial charge in [-0.1, -0.05) is 78.0 Å². The van der Waals surface area contributed by atoms with Crippen LogP contribution in [0.25, 0.3) is 11.4 Å². The predicted octanol–water partition coefficient (Wildman–Crippen LogP) is 5.72. The fourth-order valence-corrected chi connectivity index (χ4v) is 4.24. The van der Waals surface area contributed by atoms with Crippen molar-refractivity contribution >= 4 is 17.5 Å². The monoisotopic (exact) mass is 423 g/mol. The number of hydrogen-bond donors (Lipinski definition) is 0. The van der Waals surface area contributed by atoms with E-state index in [9.17, 15) is 4.79 Å². The third-order valence-electron chi connectivity index (χ3n) is 5.73. The van der Waals surface area contributed by atoms with Crippen LogP contribution in [0, 0.1) is 6.92 Å². The number of amides is 1. The Morgan fingerprint density at radius 3 is 2.57 bits per heavy atom. The summed E-state index contributed by atoms with van der Waals surface area (Å²) in [6, 6.07) is 15.5. The maximum Gasteiger partial charge on any atom is 0.255 e. The zero-order chi connectivity index (χ0) is 20.9. The molecule has 1 amide bonds. The molecule has 0 saturated heterocycles. The third kappa shape index (κ3) is 4.73. The van der Waals surface area contributed by atoms with Gasteiger partial charge in [-0.3, -0.25) is 4.79 Å². The minimum atomic E-state index is -0.0224. The second-order valence-corrected chi connectivity index (χ2v) is 8.31. The Morgan fingerprint density at radius 1 is 1.10 bits per heavy atom. The molecule has 1 aromatic heterocycles. The first kappa shape index (κ1) is 20.6. The van der Waals surface area contributed by atoms with E-state index in [-0.39, 0.29) is 11.9 Å². The van der Waals surface area contributed by atoms with Gasteiger partial charge in [0, 0.05) is 24.6 Å². The predicted molar refractivity (Wildman–Crippen MR) is 118 cm³/mol. The standard InChI is InChI=1S/C24H26ClN3O2/c1-17-11-13-18(14-12-17)23-26-22(30-27-23)15-16-28(19-7-3-2-4-8-19)24(29)20-9-5-6-10-21(20)25/h5-6,9-14,19H,2-4,7-8,15-16H2,1H3. The Hall–Kier alpha value is -2.66.